The monoisotopic (exact) mass is 484 g/mol. The van der Waals surface area contributed by atoms with Gasteiger partial charge in [0, 0.05) is 12.3 Å². The lowest BCUT2D eigenvalue weighted by atomic mass is 9.31. The molecule has 6 aliphatic rings. The molecule has 0 radical (unpaired) electrons. The van der Waals surface area contributed by atoms with Gasteiger partial charge in [0.15, 0.2) is 0 Å². The number of rotatable bonds is 1. The van der Waals surface area contributed by atoms with E-state index in [0.29, 0.717) is 39.1 Å². The van der Waals surface area contributed by atoms with E-state index in [0.717, 1.165) is 30.8 Å². The van der Waals surface area contributed by atoms with Gasteiger partial charge in [-0.3, -0.25) is 4.79 Å². The molecule has 5 saturated carbocycles. The summed E-state index contributed by atoms with van der Waals surface area (Å²) in [6, 6.07) is 0. The van der Waals surface area contributed by atoms with Crippen LogP contribution in [0.5, 0.6) is 0 Å². The highest BCUT2D eigenvalue weighted by molar-refractivity contribution is 5.66. The molecule has 2 bridgehead atoms. The van der Waals surface area contributed by atoms with Crippen molar-refractivity contribution in [3.8, 4) is 0 Å². The molecule has 0 aromatic heterocycles. The van der Waals surface area contributed by atoms with Gasteiger partial charge in [-0.15, -0.1) is 0 Å². The molecule has 35 heavy (non-hydrogen) atoms. The first-order valence-corrected chi connectivity index (χ1v) is 15.0. The summed E-state index contributed by atoms with van der Waals surface area (Å²) in [6.45, 7) is 20.5. The topological polar surface area (TPSA) is 35.5 Å². The Balaban J connectivity index is 1.35. The highest BCUT2D eigenvalue weighted by atomic mass is 16.5. The number of hydrogen-bond donors (Lipinski definition) is 0. The van der Waals surface area contributed by atoms with E-state index in [4.69, 9.17) is 9.47 Å². The quantitative estimate of drug-likeness (QED) is 0.356. The Labute approximate surface area is 214 Å². The maximum atomic E-state index is 11.9. The van der Waals surface area contributed by atoms with Crippen LogP contribution >= 0.6 is 0 Å². The first-order valence-electron chi connectivity index (χ1n) is 15.0. The zero-order chi connectivity index (χ0) is 25.2. The van der Waals surface area contributed by atoms with Crippen molar-refractivity contribution >= 4 is 5.97 Å². The predicted octanol–water partition coefficient (Wildman–Crippen LogP) is 7.81. The molecular weight excluding hydrogens is 432 g/mol. The van der Waals surface area contributed by atoms with E-state index in [9.17, 15) is 4.79 Å². The number of carbonyl (C=O) groups is 1. The van der Waals surface area contributed by atoms with E-state index >= 15 is 0 Å². The van der Waals surface area contributed by atoms with Crippen molar-refractivity contribution in [3.05, 3.63) is 0 Å². The van der Waals surface area contributed by atoms with Crippen molar-refractivity contribution in [2.75, 3.05) is 6.61 Å². The smallest absolute Gasteiger partial charge is 0.302 e. The molecule has 1 aliphatic heterocycles. The van der Waals surface area contributed by atoms with Crippen molar-refractivity contribution in [2.24, 2.45) is 56.2 Å². The minimum absolute atomic E-state index is 0.0503. The highest BCUT2D eigenvalue weighted by Crippen LogP contribution is 2.78. The molecule has 1 saturated heterocycles. The van der Waals surface area contributed by atoms with Gasteiger partial charge in [-0.25, -0.2) is 0 Å². The summed E-state index contributed by atoms with van der Waals surface area (Å²) in [5.74, 6) is 2.88. The number of esters is 1. The fourth-order valence-corrected chi connectivity index (χ4v) is 12.4. The number of carbonyl (C=O) groups excluding carboxylic acids is 1. The van der Waals surface area contributed by atoms with Gasteiger partial charge >= 0.3 is 5.97 Å². The fourth-order valence-electron chi connectivity index (χ4n) is 12.4. The third-order valence-electron chi connectivity index (χ3n) is 14.4. The minimum atomic E-state index is -0.108. The molecule has 1 heterocycles. The van der Waals surface area contributed by atoms with Crippen LogP contribution in [0.1, 0.15) is 120 Å². The molecular formula is C32H52O3. The second-order valence-electron chi connectivity index (χ2n) is 16.2. The second-order valence-corrected chi connectivity index (χ2v) is 16.2. The Morgan fingerprint density at radius 1 is 0.771 bits per heavy atom. The largest absolute Gasteiger partial charge is 0.462 e. The van der Waals surface area contributed by atoms with Crippen LogP contribution in [-0.4, -0.2) is 24.8 Å². The van der Waals surface area contributed by atoms with E-state index in [1.54, 1.807) is 6.92 Å². The van der Waals surface area contributed by atoms with Crippen molar-refractivity contribution in [1.82, 2.24) is 0 Å². The van der Waals surface area contributed by atoms with Crippen LogP contribution in [0.3, 0.4) is 0 Å². The first-order chi connectivity index (χ1) is 16.2. The lowest BCUT2D eigenvalue weighted by Crippen LogP contribution is -2.67. The maximum Gasteiger partial charge on any atom is 0.302 e. The molecule has 0 aromatic rings. The van der Waals surface area contributed by atoms with Gasteiger partial charge in [0.1, 0.15) is 6.10 Å². The predicted molar refractivity (Wildman–Crippen MR) is 140 cm³/mol. The molecule has 6 rings (SSSR count). The minimum Gasteiger partial charge on any atom is -0.462 e. The zero-order valence-electron chi connectivity index (χ0n) is 24.0. The summed E-state index contributed by atoms with van der Waals surface area (Å²) in [5.41, 5.74) is 2.00. The Bertz CT molecular complexity index is 906. The SMILES string of the molecule is CC(=O)O[C@H]1CC[C@]2(C)[C@H]3CC[C@H]4[C@H]5[C@H]6OC[C@@]5(CCC6(C)C)CC[C@@]4(C)[C@]3(C)CC[C@H]2C1(C)C. The summed E-state index contributed by atoms with van der Waals surface area (Å²) in [5, 5.41) is 0. The Kier molecular flexibility index (Phi) is 5.16. The third-order valence-corrected chi connectivity index (χ3v) is 14.4. The molecule has 3 nitrogen and oxygen atoms in total. The van der Waals surface area contributed by atoms with Gasteiger partial charge in [0.2, 0.25) is 0 Å². The van der Waals surface area contributed by atoms with Crippen LogP contribution in [0.25, 0.3) is 0 Å². The van der Waals surface area contributed by atoms with Crippen LogP contribution in [0.2, 0.25) is 0 Å². The summed E-state index contributed by atoms with van der Waals surface area (Å²) in [7, 11) is 0. The molecule has 6 fully saturated rings. The number of hydrogen-bond acceptors (Lipinski definition) is 3. The van der Waals surface area contributed by atoms with Gasteiger partial charge in [0.25, 0.3) is 0 Å². The van der Waals surface area contributed by atoms with Crippen molar-refractivity contribution in [2.45, 2.75) is 132 Å². The van der Waals surface area contributed by atoms with Gasteiger partial charge in [-0.05, 0) is 115 Å². The van der Waals surface area contributed by atoms with E-state index in [-0.39, 0.29) is 17.5 Å². The Morgan fingerprint density at radius 3 is 2.20 bits per heavy atom. The summed E-state index contributed by atoms with van der Waals surface area (Å²) in [4.78, 5) is 11.9. The van der Waals surface area contributed by atoms with E-state index in [1.807, 2.05) is 0 Å². The standard InChI is InChI=1S/C32H52O3/c1-20(33)35-24-12-13-29(6)22(28(24,4)5)11-14-31(8)23(29)10-9-21-25-26-27(2,3)15-17-32(25,19-34-26)18-16-30(21,31)7/h21-26H,9-19H2,1-8H3/t21-,22-,23+,24-,25-,26+,29-,30+,31+,32+/m0/s1. The molecule has 198 valence electrons. The van der Waals surface area contributed by atoms with Crippen LogP contribution in [0, 0.1) is 56.2 Å². The van der Waals surface area contributed by atoms with Crippen LogP contribution < -0.4 is 0 Å². The third kappa shape index (κ3) is 2.97. The number of fused-ring (bicyclic) bond motifs is 5. The van der Waals surface area contributed by atoms with E-state index < -0.39 is 0 Å². The molecule has 0 spiro atoms. The number of ether oxygens (including phenoxy) is 2. The molecule has 0 amide bonds. The second kappa shape index (κ2) is 7.29. The average molecular weight is 485 g/mol. The molecule has 5 aliphatic carbocycles. The molecule has 0 N–H and O–H groups in total. The first kappa shape index (κ1) is 24.7. The van der Waals surface area contributed by atoms with E-state index in [1.165, 1.54) is 57.8 Å². The lowest BCUT2D eigenvalue weighted by Gasteiger charge is -2.73. The maximum absolute atomic E-state index is 11.9. The molecule has 3 heteroatoms. The zero-order valence-corrected chi connectivity index (χ0v) is 24.0. The van der Waals surface area contributed by atoms with Gasteiger partial charge in [0.05, 0.1) is 12.7 Å². The average Bonchev–Trinajstić information content (AvgIpc) is 3.10. The van der Waals surface area contributed by atoms with E-state index in [2.05, 4.69) is 48.5 Å². The van der Waals surface area contributed by atoms with Crippen LogP contribution in [-0.2, 0) is 14.3 Å². The Morgan fingerprint density at radius 2 is 1.49 bits per heavy atom. The lowest BCUT2D eigenvalue weighted by molar-refractivity contribution is -0.254. The van der Waals surface area contributed by atoms with Gasteiger partial charge < -0.3 is 9.47 Å². The molecule has 0 aromatic carbocycles. The van der Waals surface area contributed by atoms with Crippen molar-refractivity contribution in [1.29, 1.82) is 0 Å². The van der Waals surface area contributed by atoms with Crippen LogP contribution in [0.4, 0.5) is 0 Å². The van der Waals surface area contributed by atoms with Crippen molar-refractivity contribution < 1.29 is 14.3 Å². The van der Waals surface area contributed by atoms with Gasteiger partial charge in [-0.2, -0.15) is 0 Å². The summed E-state index contributed by atoms with van der Waals surface area (Å²) in [6.07, 6.45) is 13.7. The molecule has 10 atom stereocenters. The summed E-state index contributed by atoms with van der Waals surface area (Å²) < 4.78 is 12.7. The fraction of sp³-hybridized carbons (Fsp3) is 0.969. The van der Waals surface area contributed by atoms with Gasteiger partial charge in [-0.1, -0.05) is 48.5 Å². The Hall–Kier alpha value is -0.570. The highest BCUT2D eigenvalue weighted by Gasteiger charge is 2.72. The van der Waals surface area contributed by atoms with Crippen LogP contribution in [0.15, 0.2) is 0 Å². The summed E-state index contributed by atoms with van der Waals surface area (Å²) >= 11 is 0. The normalized spacial score (nSPS) is 55.7. The van der Waals surface area contributed by atoms with Crippen molar-refractivity contribution in [3.63, 3.8) is 0 Å². The molecule has 0 unspecified atom stereocenters.